The van der Waals surface area contributed by atoms with Crippen molar-refractivity contribution < 1.29 is 9.84 Å². The highest BCUT2D eigenvalue weighted by atomic mass is 16.5. The lowest BCUT2D eigenvalue weighted by atomic mass is 9.78. The van der Waals surface area contributed by atoms with Gasteiger partial charge in [-0.25, -0.2) is 0 Å². The standard InChI is InChI=1S/C15H27N3O2/c1-12-14(13(2)17-16-12)9-18-7-4-5-15(10-18,11-19)6-8-20-3/h19H,4-11H2,1-3H3,(H,16,17). The number of H-pyrrole nitrogens is 1. The molecule has 0 aromatic carbocycles. The number of aliphatic hydroxyl groups excluding tert-OH is 1. The molecule has 0 aliphatic carbocycles. The molecule has 0 bridgehead atoms. The van der Waals surface area contributed by atoms with Crippen LogP contribution in [0.25, 0.3) is 0 Å². The van der Waals surface area contributed by atoms with Crippen LogP contribution in [-0.2, 0) is 11.3 Å². The van der Waals surface area contributed by atoms with E-state index in [1.165, 1.54) is 5.56 Å². The molecule has 2 rings (SSSR count). The number of aliphatic hydroxyl groups is 1. The Morgan fingerprint density at radius 1 is 1.45 bits per heavy atom. The molecule has 1 aliphatic rings. The number of nitrogens with zero attached hydrogens (tertiary/aromatic N) is 2. The molecular formula is C15H27N3O2. The summed E-state index contributed by atoms with van der Waals surface area (Å²) in [6.07, 6.45) is 3.16. The lowest BCUT2D eigenvalue weighted by Gasteiger charge is -2.42. The molecule has 1 aromatic rings. The summed E-state index contributed by atoms with van der Waals surface area (Å²) in [4.78, 5) is 2.44. The van der Waals surface area contributed by atoms with Crippen molar-refractivity contribution >= 4 is 0 Å². The summed E-state index contributed by atoms with van der Waals surface area (Å²) in [7, 11) is 1.73. The Morgan fingerprint density at radius 3 is 2.85 bits per heavy atom. The van der Waals surface area contributed by atoms with Gasteiger partial charge < -0.3 is 9.84 Å². The van der Waals surface area contributed by atoms with Crippen LogP contribution in [0.15, 0.2) is 0 Å². The van der Waals surface area contributed by atoms with Crippen LogP contribution < -0.4 is 0 Å². The van der Waals surface area contributed by atoms with Gasteiger partial charge in [-0.05, 0) is 39.7 Å². The Labute approximate surface area is 121 Å². The third-order valence-corrected chi connectivity index (χ3v) is 4.57. The van der Waals surface area contributed by atoms with Crippen LogP contribution in [0.5, 0.6) is 0 Å². The van der Waals surface area contributed by atoms with Gasteiger partial charge in [-0.3, -0.25) is 10.00 Å². The lowest BCUT2D eigenvalue weighted by molar-refractivity contribution is 0.00465. The van der Waals surface area contributed by atoms with Crippen LogP contribution in [0.1, 0.15) is 36.2 Å². The van der Waals surface area contributed by atoms with Crippen LogP contribution in [0.2, 0.25) is 0 Å². The highest BCUT2D eigenvalue weighted by Crippen LogP contribution is 2.34. The van der Waals surface area contributed by atoms with E-state index in [9.17, 15) is 5.11 Å². The van der Waals surface area contributed by atoms with E-state index in [0.717, 1.165) is 56.9 Å². The van der Waals surface area contributed by atoms with E-state index >= 15 is 0 Å². The second kappa shape index (κ2) is 6.70. The van der Waals surface area contributed by atoms with Gasteiger partial charge in [-0.1, -0.05) is 0 Å². The van der Waals surface area contributed by atoms with Gasteiger partial charge in [0.15, 0.2) is 0 Å². The first-order valence-electron chi connectivity index (χ1n) is 7.43. The second-order valence-corrected chi connectivity index (χ2v) is 6.13. The van der Waals surface area contributed by atoms with Crippen molar-refractivity contribution in [1.82, 2.24) is 15.1 Å². The van der Waals surface area contributed by atoms with Crippen molar-refractivity contribution in [2.45, 2.75) is 39.7 Å². The first kappa shape index (κ1) is 15.5. The fraction of sp³-hybridized carbons (Fsp3) is 0.800. The smallest absolute Gasteiger partial charge is 0.0639 e. The van der Waals surface area contributed by atoms with Gasteiger partial charge in [0.1, 0.15) is 0 Å². The minimum Gasteiger partial charge on any atom is -0.396 e. The molecule has 1 aliphatic heterocycles. The number of aromatic nitrogens is 2. The Morgan fingerprint density at radius 2 is 2.25 bits per heavy atom. The third kappa shape index (κ3) is 3.40. The summed E-state index contributed by atoms with van der Waals surface area (Å²) < 4.78 is 5.21. The Hall–Kier alpha value is -0.910. The molecule has 1 saturated heterocycles. The minimum atomic E-state index is -0.000193. The zero-order chi connectivity index (χ0) is 14.6. The van der Waals surface area contributed by atoms with Gasteiger partial charge in [0, 0.05) is 43.5 Å². The quantitative estimate of drug-likeness (QED) is 0.832. The first-order chi connectivity index (χ1) is 9.60. The lowest BCUT2D eigenvalue weighted by Crippen LogP contribution is -2.45. The minimum absolute atomic E-state index is 0.000193. The van der Waals surface area contributed by atoms with Gasteiger partial charge in [0.25, 0.3) is 0 Å². The van der Waals surface area contributed by atoms with E-state index in [1.807, 2.05) is 6.92 Å². The van der Waals surface area contributed by atoms with Crippen molar-refractivity contribution in [1.29, 1.82) is 0 Å². The third-order valence-electron chi connectivity index (χ3n) is 4.57. The predicted molar refractivity (Wildman–Crippen MR) is 78.6 cm³/mol. The second-order valence-electron chi connectivity index (χ2n) is 6.13. The van der Waals surface area contributed by atoms with E-state index in [-0.39, 0.29) is 12.0 Å². The molecule has 0 saturated carbocycles. The molecule has 5 heteroatoms. The van der Waals surface area contributed by atoms with Crippen molar-refractivity contribution in [2.24, 2.45) is 5.41 Å². The van der Waals surface area contributed by atoms with Gasteiger partial charge in [0.2, 0.25) is 0 Å². The first-order valence-corrected chi connectivity index (χ1v) is 7.43. The summed E-state index contributed by atoms with van der Waals surface area (Å²) in [5.41, 5.74) is 3.53. The largest absolute Gasteiger partial charge is 0.396 e. The summed E-state index contributed by atoms with van der Waals surface area (Å²) in [5, 5.41) is 17.1. The zero-order valence-electron chi connectivity index (χ0n) is 12.9. The molecule has 5 nitrogen and oxygen atoms in total. The molecule has 114 valence electrons. The average molecular weight is 281 g/mol. The number of hydrogen-bond acceptors (Lipinski definition) is 4. The maximum absolute atomic E-state index is 9.82. The summed E-state index contributed by atoms with van der Waals surface area (Å²) in [6.45, 7) is 8.05. The number of hydrogen-bond donors (Lipinski definition) is 2. The Balaban J connectivity index is 2.02. The molecule has 1 atom stereocenters. The fourth-order valence-electron chi connectivity index (χ4n) is 3.21. The van der Waals surface area contributed by atoms with Gasteiger partial charge in [-0.2, -0.15) is 5.10 Å². The van der Waals surface area contributed by atoms with E-state index in [4.69, 9.17) is 4.74 Å². The highest BCUT2D eigenvalue weighted by molar-refractivity contribution is 5.23. The number of rotatable bonds is 6. The number of piperidine rings is 1. The molecule has 0 amide bonds. The van der Waals surface area contributed by atoms with E-state index in [0.29, 0.717) is 0 Å². The van der Waals surface area contributed by atoms with Crippen molar-refractivity contribution in [3.8, 4) is 0 Å². The molecule has 2 heterocycles. The Kier molecular flexibility index (Phi) is 5.18. The monoisotopic (exact) mass is 281 g/mol. The molecule has 1 unspecified atom stereocenters. The normalized spacial score (nSPS) is 24.2. The van der Waals surface area contributed by atoms with Crippen molar-refractivity contribution in [3.63, 3.8) is 0 Å². The van der Waals surface area contributed by atoms with Crippen LogP contribution in [0.3, 0.4) is 0 Å². The summed E-state index contributed by atoms with van der Waals surface area (Å²) in [6, 6.07) is 0. The highest BCUT2D eigenvalue weighted by Gasteiger charge is 2.34. The molecule has 0 radical (unpaired) electrons. The van der Waals surface area contributed by atoms with Gasteiger partial charge >= 0.3 is 0 Å². The van der Waals surface area contributed by atoms with Crippen molar-refractivity contribution in [3.05, 3.63) is 17.0 Å². The number of aromatic amines is 1. The molecule has 20 heavy (non-hydrogen) atoms. The van der Waals surface area contributed by atoms with Crippen LogP contribution in [0, 0.1) is 19.3 Å². The molecule has 1 fully saturated rings. The van der Waals surface area contributed by atoms with Crippen LogP contribution in [0.4, 0.5) is 0 Å². The van der Waals surface area contributed by atoms with Gasteiger partial charge in [0.05, 0.1) is 12.3 Å². The van der Waals surface area contributed by atoms with Crippen LogP contribution >= 0.6 is 0 Å². The summed E-state index contributed by atoms with van der Waals surface area (Å²) in [5.74, 6) is 0. The van der Waals surface area contributed by atoms with E-state index in [1.54, 1.807) is 7.11 Å². The maximum atomic E-state index is 9.82. The SMILES string of the molecule is COCCC1(CO)CCCN(Cc2c(C)n[nH]c2C)C1. The molecule has 0 spiro atoms. The van der Waals surface area contributed by atoms with Gasteiger partial charge in [-0.15, -0.1) is 0 Å². The number of methoxy groups -OCH3 is 1. The fourth-order valence-corrected chi connectivity index (χ4v) is 3.21. The topological polar surface area (TPSA) is 61.4 Å². The number of nitrogens with one attached hydrogen (secondary N) is 1. The number of aryl methyl sites for hydroxylation is 2. The zero-order valence-corrected chi connectivity index (χ0v) is 12.9. The van der Waals surface area contributed by atoms with E-state index in [2.05, 4.69) is 22.0 Å². The predicted octanol–water partition coefficient (Wildman–Crippen LogP) is 1.64. The molecule has 1 aromatic heterocycles. The van der Waals surface area contributed by atoms with Crippen LogP contribution in [-0.4, -0.2) is 53.6 Å². The molecule has 2 N–H and O–H groups in total. The average Bonchev–Trinajstić information content (AvgIpc) is 2.77. The Bertz CT molecular complexity index is 413. The number of ether oxygens (including phenoxy) is 1. The maximum Gasteiger partial charge on any atom is 0.0639 e. The number of likely N-dealkylation sites (tertiary alicyclic amines) is 1. The van der Waals surface area contributed by atoms with Crippen molar-refractivity contribution in [2.75, 3.05) is 33.4 Å². The van der Waals surface area contributed by atoms with E-state index < -0.39 is 0 Å². The molecular weight excluding hydrogens is 254 g/mol. The summed E-state index contributed by atoms with van der Waals surface area (Å²) >= 11 is 0.